The van der Waals surface area contributed by atoms with Crippen molar-refractivity contribution in [1.82, 2.24) is 0 Å². The number of rotatable bonds is 4. The third kappa shape index (κ3) is 3.70. The summed E-state index contributed by atoms with van der Waals surface area (Å²) in [5, 5.41) is 16.9. The van der Waals surface area contributed by atoms with Gasteiger partial charge in [0.25, 0.3) is 11.6 Å². The number of hydrogen-bond donors (Lipinski definition) is 0. The summed E-state index contributed by atoms with van der Waals surface area (Å²) in [7, 11) is 0. The van der Waals surface area contributed by atoms with E-state index in [0.29, 0.717) is 27.6 Å². The molecule has 0 saturated heterocycles. The third-order valence-electron chi connectivity index (χ3n) is 3.75. The zero-order chi connectivity index (χ0) is 18.7. The summed E-state index contributed by atoms with van der Waals surface area (Å²) in [6.45, 7) is 1.75. The number of nitro groups is 1. The van der Waals surface area contributed by atoms with Gasteiger partial charge in [0, 0.05) is 17.2 Å². The van der Waals surface area contributed by atoms with Crippen LogP contribution in [0, 0.1) is 10.1 Å². The normalized spacial score (nSPS) is 15.8. The van der Waals surface area contributed by atoms with Crippen LogP contribution in [0.3, 0.4) is 0 Å². The molecule has 0 fully saturated rings. The average molecular weight is 368 g/mol. The van der Waals surface area contributed by atoms with Crippen molar-refractivity contribution in [2.24, 2.45) is 5.10 Å². The number of nitro benzene ring substituents is 1. The van der Waals surface area contributed by atoms with Crippen molar-refractivity contribution in [2.75, 3.05) is 5.01 Å². The number of hydrogen-bond acceptors (Lipinski definition) is 4. The highest BCUT2D eigenvalue weighted by molar-refractivity contribution is 6.32. The van der Waals surface area contributed by atoms with Crippen molar-refractivity contribution in [2.45, 2.75) is 6.92 Å². The van der Waals surface area contributed by atoms with E-state index in [0.717, 1.165) is 0 Å². The quantitative estimate of drug-likeness (QED) is 0.450. The van der Waals surface area contributed by atoms with E-state index >= 15 is 0 Å². The molecule has 0 atom stereocenters. The highest BCUT2D eigenvalue weighted by Crippen LogP contribution is 2.26. The Bertz CT molecular complexity index is 979. The molecule has 26 heavy (non-hydrogen) atoms. The maximum Gasteiger partial charge on any atom is 0.280 e. The number of benzene rings is 2. The molecule has 7 heteroatoms. The first-order chi connectivity index (χ1) is 12.5. The number of hydrazone groups is 1. The number of nitrogens with zero attached hydrogens (tertiary/aromatic N) is 3. The predicted molar refractivity (Wildman–Crippen MR) is 102 cm³/mol. The van der Waals surface area contributed by atoms with Crippen molar-refractivity contribution in [3.63, 3.8) is 0 Å². The van der Waals surface area contributed by atoms with Crippen LogP contribution in [0.25, 0.3) is 6.08 Å². The highest BCUT2D eigenvalue weighted by atomic mass is 35.5. The first-order valence-electron chi connectivity index (χ1n) is 7.74. The molecule has 1 aliphatic heterocycles. The molecule has 1 heterocycles. The minimum absolute atomic E-state index is 0.0154. The van der Waals surface area contributed by atoms with Gasteiger partial charge in [0.15, 0.2) is 0 Å². The number of anilines is 1. The molecule has 3 rings (SSSR count). The Morgan fingerprint density at radius 1 is 1.19 bits per heavy atom. The van der Waals surface area contributed by atoms with Crippen LogP contribution in [-0.4, -0.2) is 16.5 Å². The molecule has 0 spiro atoms. The number of non-ortho nitro benzene ring substituents is 1. The first kappa shape index (κ1) is 17.6. The molecule has 0 aromatic heterocycles. The van der Waals surface area contributed by atoms with E-state index < -0.39 is 4.92 Å². The van der Waals surface area contributed by atoms with Gasteiger partial charge in [0.2, 0.25) is 0 Å². The number of halogens is 1. The topological polar surface area (TPSA) is 75.8 Å². The average Bonchev–Trinajstić information content (AvgIpc) is 2.90. The number of amides is 1. The zero-order valence-electron chi connectivity index (χ0n) is 13.8. The summed E-state index contributed by atoms with van der Waals surface area (Å²) >= 11 is 5.97. The Kier molecular flexibility index (Phi) is 4.95. The molecule has 0 bridgehead atoms. The van der Waals surface area contributed by atoms with Crippen molar-refractivity contribution in [1.29, 1.82) is 0 Å². The summed E-state index contributed by atoms with van der Waals surface area (Å²) in [5.41, 5.74) is 2.31. The van der Waals surface area contributed by atoms with Gasteiger partial charge in [-0.15, -0.1) is 0 Å². The standard InChI is InChI=1S/C19H14ClN3O3/c1-13-18(10-3-6-14-5-2-9-17(11-14)23(25)26)19(24)22(21-13)16-8-4-7-15(20)12-16/h2-12H,1H3/b6-3+,18-10+. The summed E-state index contributed by atoms with van der Waals surface area (Å²) < 4.78 is 0. The Hall–Kier alpha value is -3.25. The van der Waals surface area contributed by atoms with E-state index in [1.165, 1.54) is 17.1 Å². The van der Waals surface area contributed by atoms with E-state index in [-0.39, 0.29) is 11.6 Å². The van der Waals surface area contributed by atoms with Crippen molar-refractivity contribution < 1.29 is 9.72 Å². The Labute approximate surface area is 154 Å². The SMILES string of the molecule is CC1=NN(c2cccc(Cl)c2)C(=O)/C1=C/C=C/c1cccc([N+](=O)[O-])c1. The van der Waals surface area contributed by atoms with Crippen LogP contribution < -0.4 is 5.01 Å². The molecule has 0 saturated carbocycles. The van der Waals surface area contributed by atoms with E-state index in [1.54, 1.807) is 61.5 Å². The van der Waals surface area contributed by atoms with Crippen LogP contribution in [0.5, 0.6) is 0 Å². The fourth-order valence-electron chi connectivity index (χ4n) is 2.49. The lowest BCUT2D eigenvalue weighted by Gasteiger charge is -2.11. The predicted octanol–water partition coefficient (Wildman–Crippen LogP) is 4.61. The lowest BCUT2D eigenvalue weighted by molar-refractivity contribution is -0.384. The van der Waals surface area contributed by atoms with Crippen LogP contribution in [-0.2, 0) is 4.79 Å². The molecule has 0 unspecified atom stereocenters. The van der Waals surface area contributed by atoms with Gasteiger partial charge in [0.05, 0.1) is 21.9 Å². The summed E-state index contributed by atoms with van der Waals surface area (Å²) in [6.07, 6.45) is 5.01. The molecule has 130 valence electrons. The van der Waals surface area contributed by atoms with E-state index in [4.69, 9.17) is 11.6 Å². The van der Waals surface area contributed by atoms with Gasteiger partial charge >= 0.3 is 0 Å². The molecule has 6 nitrogen and oxygen atoms in total. The second kappa shape index (κ2) is 7.33. The van der Waals surface area contributed by atoms with Gasteiger partial charge in [-0.1, -0.05) is 42.0 Å². The van der Waals surface area contributed by atoms with Crippen LogP contribution in [0.1, 0.15) is 12.5 Å². The first-order valence-corrected chi connectivity index (χ1v) is 8.12. The minimum atomic E-state index is -0.448. The molecule has 0 aliphatic carbocycles. The lowest BCUT2D eigenvalue weighted by atomic mass is 10.1. The molecule has 2 aromatic carbocycles. The van der Waals surface area contributed by atoms with Crippen molar-refractivity contribution in [3.8, 4) is 0 Å². The smallest absolute Gasteiger partial charge is 0.267 e. The van der Waals surface area contributed by atoms with Crippen LogP contribution >= 0.6 is 11.6 Å². The fraction of sp³-hybridized carbons (Fsp3) is 0.0526. The van der Waals surface area contributed by atoms with E-state index in [2.05, 4.69) is 5.10 Å². The Morgan fingerprint density at radius 3 is 2.69 bits per heavy atom. The largest absolute Gasteiger partial charge is 0.280 e. The Morgan fingerprint density at radius 2 is 1.96 bits per heavy atom. The maximum atomic E-state index is 12.6. The molecule has 1 amide bonds. The molecule has 0 N–H and O–H groups in total. The molecule has 2 aromatic rings. The number of carbonyl (C=O) groups is 1. The van der Waals surface area contributed by atoms with Gasteiger partial charge in [-0.05, 0) is 36.8 Å². The van der Waals surface area contributed by atoms with E-state index in [1.807, 2.05) is 0 Å². The lowest BCUT2D eigenvalue weighted by Crippen LogP contribution is -2.21. The van der Waals surface area contributed by atoms with Gasteiger partial charge in [0.1, 0.15) is 0 Å². The van der Waals surface area contributed by atoms with Gasteiger partial charge in [-0.25, -0.2) is 0 Å². The Balaban J connectivity index is 1.81. The summed E-state index contributed by atoms with van der Waals surface area (Å²) in [5.74, 6) is -0.256. The molecular formula is C19H14ClN3O3. The second-order valence-electron chi connectivity index (χ2n) is 5.57. The monoisotopic (exact) mass is 367 g/mol. The molecule has 0 radical (unpaired) electrons. The van der Waals surface area contributed by atoms with Crippen LogP contribution in [0.15, 0.2) is 71.4 Å². The summed E-state index contributed by atoms with van der Waals surface area (Å²) in [6, 6.07) is 13.1. The van der Waals surface area contributed by atoms with Gasteiger partial charge in [-0.3, -0.25) is 14.9 Å². The highest BCUT2D eigenvalue weighted by Gasteiger charge is 2.28. The zero-order valence-corrected chi connectivity index (χ0v) is 14.6. The minimum Gasteiger partial charge on any atom is -0.267 e. The maximum absolute atomic E-state index is 12.6. The fourth-order valence-corrected chi connectivity index (χ4v) is 2.67. The van der Waals surface area contributed by atoms with Crippen LogP contribution in [0.2, 0.25) is 5.02 Å². The van der Waals surface area contributed by atoms with Crippen LogP contribution in [0.4, 0.5) is 11.4 Å². The van der Waals surface area contributed by atoms with Crippen molar-refractivity contribution >= 4 is 40.7 Å². The second-order valence-corrected chi connectivity index (χ2v) is 6.01. The van der Waals surface area contributed by atoms with Gasteiger partial charge in [-0.2, -0.15) is 10.1 Å². The molecule has 1 aliphatic rings. The third-order valence-corrected chi connectivity index (χ3v) is 3.98. The molecular weight excluding hydrogens is 354 g/mol. The number of allylic oxidation sites excluding steroid dienone is 2. The van der Waals surface area contributed by atoms with Crippen molar-refractivity contribution in [3.05, 3.63) is 87.0 Å². The van der Waals surface area contributed by atoms with Gasteiger partial charge < -0.3 is 0 Å². The van der Waals surface area contributed by atoms with E-state index in [9.17, 15) is 14.9 Å². The number of carbonyl (C=O) groups excluding carboxylic acids is 1. The summed E-state index contributed by atoms with van der Waals surface area (Å²) in [4.78, 5) is 23.0.